The summed E-state index contributed by atoms with van der Waals surface area (Å²) in [4.78, 5) is 5.44. The van der Waals surface area contributed by atoms with Crippen LogP contribution in [0.15, 0.2) is 0 Å². The van der Waals surface area contributed by atoms with Crippen molar-refractivity contribution in [3.63, 3.8) is 0 Å². The summed E-state index contributed by atoms with van der Waals surface area (Å²) in [5.74, 6) is 0. The lowest BCUT2D eigenvalue weighted by atomic mass is 10.1. The highest BCUT2D eigenvalue weighted by Gasteiger charge is 2.27. The molecule has 0 aromatic rings. The SMILES string of the molecule is CCNCCCCN1CCC(N2CCCCC2)C1. The maximum atomic E-state index is 3.41. The summed E-state index contributed by atoms with van der Waals surface area (Å²) in [6.45, 7) is 11.2. The van der Waals surface area contributed by atoms with Crippen molar-refractivity contribution in [1.82, 2.24) is 15.1 Å². The summed E-state index contributed by atoms with van der Waals surface area (Å²) >= 11 is 0. The first-order valence-electron chi connectivity index (χ1n) is 8.07. The first-order chi connectivity index (χ1) is 8.90. The minimum absolute atomic E-state index is 0.874. The van der Waals surface area contributed by atoms with Crippen LogP contribution in [-0.4, -0.2) is 61.7 Å². The molecule has 0 aromatic heterocycles. The molecule has 1 atom stereocenters. The lowest BCUT2D eigenvalue weighted by Crippen LogP contribution is -2.40. The van der Waals surface area contributed by atoms with E-state index in [4.69, 9.17) is 0 Å². The van der Waals surface area contributed by atoms with Crippen LogP contribution >= 0.6 is 0 Å². The molecule has 2 aliphatic heterocycles. The summed E-state index contributed by atoms with van der Waals surface area (Å²) < 4.78 is 0. The molecule has 0 radical (unpaired) electrons. The van der Waals surface area contributed by atoms with Crippen molar-refractivity contribution in [2.24, 2.45) is 0 Å². The Bertz CT molecular complexity index is 214. The van der Waals surface area contributed by atoms with Crippen molar-refractivity contribution < 1.29 is 0 Å². The minimum atomic E-state index is 0.874. The first-order valence-corrected chi connectivity index (χ1v) is 8.07. The van der Waals surface area contributed by atoms with Crippen LogP contribution < -0.4 is 5.32 Å². The van der Waals surface area contributed by atoms with E-state index in [1.165, 1.54) is 77.8 Å². The topological polar surface area (TPSA) is 18.5 Å². The van der Waals surface area contributed by atoms with Crippen molar-refractivity contribution in [2.45, 2.75) is 51.5 Å². The number of nitrogens with one attached hydrogen (secondary N) is 1. The van der Waals surface area contributed by atoms with E-state index in [9.17, 15) is 0 Å². The van der Waals surface area contributed by atoms with E-state index in [2.05, 4.69) is 22.0 Å². The molecule has 2 rings (SSSR count). The molecule has 3 nitrogen and oxygen atoms in total. The number of hydrogen-bond acceptors (Lipinski definition) is 3. The van der Waals surface area contributed by atoms with Gasteiger partial charge in [0.25, 0.3) is 0 Å². The number of piperidine rings is 1. The molecule has 2 saturated heterocycles. The molecule has 0 amide bonds. The molecule has 1 unspecified atom stereocenters. The number of hydrogen-bond donors (Lipinski definition) is 1. The monoisotopic (exact) mass is 253 g/mol. The molecule has 2 aliphatic rings. The Labute approximate surface area is 113 Å². The van der Waals surface area contributed by atoms with E-state index in [0.717, 1.165) is 12.6 Å². The highest BCUT2D eigenvalue weighted by atomic mass is 15.3. The molecule has 18 heavy (non-hydrogen) atoms. The van der Waals surface area contributed by atoms with Crippen molar-refractivity contribution in [2.75, 3.05) is 45.8 Å². The molecule has 106 valence electrons. The smallest absolute Gasteiger partial charge is 0.0235 e. The second kappa shape index (κ2) is 8.13. The third-order valence-electron chi connectivity index (χ3n) is 4.48. The van der Waals surface area contributed by atoms with E-state index in [0.29, 0.717) is 0 Å². The molecule has 2 fully saturated rings. The lowest BCUT2D eigenvalue weighted by molar-refractivity contribution is 0.162. The molecular weight excluding hydrogens is 222 g/mol. The van der Waals surface area contributed by atoms with Gasteiger partial charge in [-0.05, 0) is 71.4 Å². The summed E-state index contributed by atoms with van der Waals surface area (Å²) in [6, 6.07) is 0.874. The van der Waals surface area contributed by atoms with Gasteiger partial charge in [0.05, 0.1) is 0 Å². The zero-order chi connectivity index (χ0) is 12.6. The van der Waals surface area contributed by atoms with Gasteiger partial charge >= 0.3 is 0 Å². The Balaban J connectivity index is 1.56. The molecule has 0 saturated carbocycles. The average Bonchev–Trinajstić information content (AvgIpc) is 2.88. The Kier molecular flexibility index (Phi) is 6.46. The van der Waals surface area contributed by atoms with Crippen LogP contribution in [0.25, 0.3) is 0 Å². The van der Waals surface area contributed by atoms with Gasteiger partial charge in [0.15, 0.2) is 0 Å². The van der Waals surface area contributed by atoms with Gasteiger partial charge in [-0.3, -0.25) is 4.90 Å². The molecule has 3 heteroatoms. The van der Waals surface area contributed by atoms with Crippen molar-refractivity contribution in [1.29, 1.82) is 0 Å². The second-order valence-corrected chi connectivity index (χ2v) is 5.90. The van der Waals surface area contributed by atoms with Crippen molar-refractivity contribution in [3.8, 4) is 0 Å². The highest BCUT2D eigenvalue weighted by Crippen LogP contribution is 2.20. The van der Waals surface area contributed by atoms with Gasteiger partial charge in [0, 0.05) is 12.6 Å². The Hall–Kier alpha value is -0.120. The van der Waals surface area contributed by atoms with Crippen molar-refractivity contribution >= 4 is 0 Å². The molecular formula is C15H31N3. The van der Waals surface area contributed by atoms with Gasteiger partial charge in [-0.25, -0.2) is 0 Å². The fourth-order valence-electron chi connectivity index (χ4n) is 3.36. The normalized spacial score (nSPS) is 26.8. The van der Waals surface area contributed by atoms with Crippen LogP contribution in [0, 0.1) is 0 Å². The third kappa shape index (κ3) is 4.52. The minimum Gasteiger partial charge on any atom is -0.317 e. The summed E-state index contributed by atoms with van der Waals surface area (Å²) in [7, 11) is 0. The molecule has 0 aliphatic carbocycles. The van der Waals surface area contributed by atoms with Gasteiger partial charge in [-0.2, -0.15) is 0 Å². The van der Waals surface area contributed by atoms with Crippen LogP contribution in [-0.2, 0) is 0 Å². The zero-order valence-electron chi connectivity index (χ0n) is 12.2. The summed E-state index contributed by atoms with van der Waals surface area (Å²) in [5.41, 5.74) is 0. The van der Waals surface area contributed by atoms with E-state index in [1.807, 2.05) is 0 Å². The zero-order valence-corrected chi connectivity index (χ0v) is 12.2. The van der Waals surface area contributed by atoms with E-state index < -0.39 is 0 Å². The quantitative estimate of drug-likeness (QED) is 0.700. The molecule has 2 heterocycles. The fraction of sp³-hybridized carbons (Fsp3) is 1.00. The molecule has 0 bridgehead atoms. The number of likely N-dealkylation sites (tertiary alicyclic amines) is 2. The molecule has 0 spiro atoms. The summed E-state index contributed by atoms with van der Waals surface area (Å²) in [5, 5.41) is 3.41. The van der Waals surface area contributed by atoms with Crippen LogP contribution in [0.2, 0.25) is 0 Å². The predicted octanol–water partition coefficient (Wildman–Crippen LogP) is 1.94. The Morgan fingerprint density at radius 2 is 1.89 bits per heavy atom. The number of rotatable bonds is 7. The predicted molar refractivity (Wildman–Crippen MR) is 78.0 cm³/mol. The standard InChI is InChI=1S/C15H31N3/c1-2-16-9-4-7-10-17-13-8-15(14-17)18-11-5-3-6-12-18/h15-16H,2-14H2,1H3. The van der Waals surface area contributed by atoms with Crippen LogP contribution in [0.3, 0.4) is 0 Å². The first kappa shape index (κ1) is 14.3. The third-order valence-corrected chi connectivity index (χ3v) is 4.48. The molecule has 0 aromatic carbocycles. The van der Waals surface area contributed by atoms with Gasteiger partial charge in [-0.1, -0.05) is 13.3 Å². The van der Waals surface area contributed by atoms with Crippen LogP contribution in [0.1, 0.15) is 45.4 Å². The lowest BCUT2D eigenvalue weighted by Gasteiger charge is -2.32. The van der Waals surface area contributed by atoms with Gasteiger partial charge < -0.3 is 10.2 Å². The summed E-state index contributed by atoms with van der Waals surface area (Å²) in [6.07, 6.45) is 8.42. The second-order valence-electron chi connectivity index (χ2n) is 5.90. The number of nitrogens with zero attached hydrogens (tertiary/aromatic N) is 2. The van der Waals surface area contributed by atoms with Crippen LogP contribution in [0.4, 0.5) is 0 Å². The highest BCUT2D eigenvalue weighted by molar-refractivity contribution is 4.84. The van der Waals surface area contributed by atoms with Crippen molar-refractivity contribution in [3.05, 3.63) is 0 Å². The van der Waals surface area contributed by atoms with Gasteiger partial charge in [0.1, 0.15) is 0 Å². The van der Waals surface area contributed by atoms with E-state index >= 15 is 0 Å². The maximum absolute atomic E-state index is 3.41. The number of unbranched alkanes of at least 4 members (excludes halogenated alkanes) is 1. The average molecular weight is 253 g/mol. The largest absolute Gasteiger partial charge is 0.317 e. The fourth-order valence-corrected chi connectivity index (χ4v) is 3.36. The van der Waals surface area contributed by atoms with E-state index in [1.54, 1.807) is 0 Å². The van der Waals surface area contributed by atoms with Gasteiger partial charge in [0.2, 0.25) is 0 Å². The Morgan fingerprint density at radius 1 is 1.06 bits per heavy atom. The maximum Gasteiger partial charge on any atom is 0.0235 e. The molecule has 1 N–H and O–H groups in total. The van der Waals surface area contributed by atoms with Gasteiger partial charge in [-0.15, -0.1) is 0 Å². The Morgan fingerprint density at radius 3 is 2.67 bits per heavy atom. The van der Waals surface area contributed by atoms with E-state index in [-0.39, 0.29) is 0 Å². The van der Waals surface area contributed by atoms with Crippen LogP contribution in [0.5, 0.6) is 0 Å².